The van der Waals surface area contributed by atoms with Gasteiger partial charge in [0, 0.05) is 5.39 Å². The molecule has 0 unspecified atom stereocenters. The summed E-state index contributed by atoms with van der Waals surface area (Å²) in [6.07, 6.45) is 0. The van der Waals surface area contributed by atoms with Gasteiger partial charge in [0.2, 0.25) is 5.43 Å². The molecule has 4 nitrogen and oxygen atoms in total. The Labute approximate surface area is 153 Å². The van der Waals surface area contributed by atoms with Gasteiger partial charge in [-0.1, -0.05) is 54.6 Å². The highest BCUT2D eigenvalue weighted by molar-refractivity contribution is 6.04. The molecule has 5 rings (SSSR count). The molecule has 0 fully saturated rings. The zero-order valence-corrected chi connectivity index (χ0v) is 14.4. The molecule has 0 aliphatic carbocycles. The maximum Gasteiger partial charge on any atom is 0.266 e. The van der Waals surface area contributed by atoms with Gasteiger partial charge in [-0.3, -0.25) is 9.59 Å². The SMILES string of the molecule is O=c1c2ccccc2oc2c1c(=O)n(Cc1ccccc1)c1ccccc21. The van der Waals surface area contributed by atoms with Crippen molar-refractivity contribution in [3.63, 3.8) is 0 Å². The van der Waals surface area contributed by atoms with E-state index in [9.17, 15) is 9.59 Å². The third-order valence-corrected chi connectivity index (χ3v) is 4.88. The highest BCUT2D eigenvalue weighted by Gasteiger charge is 2.17. The number of rotatable bonds is 2. The number of hydrogen-bond acceptors (Lipinski definition) is 3. The minimum Gasteiger partial charge on any atom is -0.455 e. The fourth-order valence-electron chi connectivity index (χ4n) is 3.59. The van der Waals surface area contributed by atoms with Crippen LogP contribution in [0.25, 0.3) is 32.8 Å². The molecule has 27 heavy (non-hydrogen) atoms. The summed E-state index contributed by atoms with van der Waals surface area (Å²) < 4.78 is 7.66. The largest absolute Gasteiger partial charge is 0.455 e. The van der Waals surface area contributed by atoms with Crippen LogP contribution in [0, 0.1) is 0 Å². The molecule has 0 radical (unpaired) electrons. The first-order valence-electron chi connectivity index (χ1n) is 8.75. The van der Waals surface area contributed by atoms with Crippen LogP contribution in [0.3, 0.4) is 0 Å². The maximum absolute atomic E-state index is 13.3. The Morgan fingerprint density at radius 2 is 1.41 bits per heavy atom. The van der Waals surface area contributed by atoms with Gasteiger partial charge in [-0.15, -0.1) is 0 Å². The van der Waals surface area contributed by atoms with Crippen molar-refractivity contribution in [3.8, 4) is 0 Å². The van der Waals surface area contributed by atoms with E-state index in [-0.39, 0.29) is 16.4 Å². The van der Waals surface area contributed by atoms with Crippen molar-refractivity contribution in [1.29, 1.82) is 0 Å². The molecule has 0 atom stereocenters. The molecule has 0 spiro atoms. The number of fused-ring (bicyclic) bond motifs is 4. The second-order valence-corrected chi connectivity index (χ2v) is 6.53. The molecule has 0 saturated carbocycles. The van der Waals surface area contributed by atoms with Gasteiger partial charge in [-0.05, 0) is 29.8 Å². The first kappa shape index (κ1) is 15.6. The lowest BCUT2D eigenvalue weighted by molar-refractivity contribution is 0.660. The predicted molar refractivity (Wildman–Crippen MR) is 107 cm³/mol. The summed E-state index contributed by atoms with van der Waals surface area (Å²) in [5, 5.41) is 1.28. The molecule has 0 bridgehead atoms. The Hall–Kier alpha value is -3.66. The van der Waals surface area contributed by atoms with Crippen LogP contribution in [-0.4, -0.2) is 4.57 Å². The summed E-state index contributed by atoms with van der Waals surface area (Å²) in [6, 6.07) is 24.3. The Bertz CT molecular complexity index is 1430. The maximum atomic E-state index is 13.3. The number of benzene rings is 3. The second kappa shape index (κ2) is 5.95. The molecular formula is C23H15NO3. The topological polar surface area (TPSA) is 52.2 Å². The molecule has 0 saturated heterocycles. The first-order chi connectivity index (χ1) is 13.2. The lowest BCUT2D eigenvalue weighted by Crippen LogP contribution is -2.25. The third-order valence-electron chi connectivity index (χ3n) is 4.88. The van der Waals surface area contributed by atoms with Gasteiger partial charge < -0.3 is 8.98 Å². The van der Waals surface area contributed by atoms with Crippen molar-refractivity contribution in [2.24, 2.45) is 0 Å². The molecule has 130 valence electrons. The highest BCUT2D eigenvalue weighted by Crippen LogP contribution is 2.25. The van der Waals surface area contributed by atoms with E-state index in [0.29, 0.717) is 23.1 Å². The summed E-state index contributed by atoms with van der Waals surface area (Å²) >= 11 is 0. The molecule has 0 N–H and O–H groups in total. The molecule has 0 amide bonds. The Morgan fingerprint density at radius 3 is 2.22 bits per heavy atom. The van der Waals surface area contributed by atoms with Gasteiger partial charge in [-0.2, -0.15) is 0 Å². The molecule has 0 aliphatic rings. The van der Waals surface area contributed by atoms with Crippen LogP contribution in [0.15, 0.2) is 92.9 Å². The van der Waals surface area contributed by atoms with Crippen LogP contribution in [0.1, 0.15) is 5.56 Å². The second-order valence-electron chi connectivity index (χ2n) is 6.53. The van der Waals surface area contributed by atoms with Gasteiger partial charge in [0.05, 0.1) is 17.4 Å². The predicted octanol–water partition coefficient (Wildman–Crippen LogP) is 4.31. The minimum absolute atomic E-state index is 0.100. The van der Waals surface area contributed by atoms with Crippen molar-refractivity contribution < 1.29 is 4.42 Å². The van der Waals surface area contributed by atoms with E-state index in [4.69, 9.17) is 4.42 Å². The average Bonchev–Trinajstić information content (AvgIpc) is 2.72. The van der Waals surface area contributed by atoms with Gasteiger partial charge >= 0.3 is 0 Å². The quantitative estimate of drug-likeness (QED) is 0.351. The highest BCUT2D eigenvalue weighted by atomic mass is 16.3. The van der Waals surface area contributed by atoms with Crippen molar-refractivity contribution in [2.45, 2.75) is 6.54 Å². The number of pyridine rings is 1. The number of nitrogens with zero attached hydrogens (tertiary/aromatic N) is 1. The molecule has 2 heterocycles. The molecule has 4 heteroatoms. The van der Waals surface area contributed by atoms with Gasteiger partial charge in [0.15, 0.2) is 5.58 Å². The first-order valence-corrected chi connectivity index (χ1v) is 8.75. The van der Waals surface area contributed by atoms with E-state index >= 15 is 0 Å². The van der Waals surface area contributed by atoms with Crippen molar-refractivity contribution in [3.05, 3.63) is 105 Å². The summed E-state index contributed by atoms with van der Waals surface area (Å²) in [4.78, 5) is 26.4. The lowest BCUT2D eigenvalue weighted by Gasteiger charge is -2.13. The van der Waals surface area contributed by atoms with Crippen molar-refractivity contribution in [2.75, 3.05) is 0 Å². The van der Waals surface area contributed by atoms with Crippen molar-refractivity contribution >= 4 is 32.8 Å². The number of aromatic nitrogens is 1. The van der Waals surface area contributed by atoms with Gasteiger partial charge in [0.25, 0.3) is 5.56 Å². The number of hydrogen-bond donors (Lipinski definition) is 0. The standard InChI is InChI=1S/C23H15NO3/c25-21-17-11-5-7-13-19(17)27-22-16-10-4-6-12-18(16)24(23(26)20(21)22)14-15-8-2-1-3-9-15/h1-13H,14H2. The van der Waals surface area contributed by atoms with E-state index in [1.54, 1.807) is 22.8 Å². The lowest BCUT2D eigenvalue weighted by atomic mass is 10.1. The van der Waals surface area contributed by atoms with E-state index in [1.165, 1.54) is 0 Å². The van der Waals surface area contributed by atoms with E-state index in [1.807, 2.05) is 60.7 Å². The summed E-state index contributed by atoms with van der Waals surface area (Å²) in [5.74, 6) is 0. The third kappa shape index (κ3) is 2.38. The smallest absolute Gasteiger partial charge is 0.266 e. The van der Waals surface area contributed by atoms with E-state index < -0.39 is 0 Å². The van der Waals surface area contributed by atoms with Crippen LogP contribution in [-0.2, 0) is 6.54 Å². The Kier molecular flexibility index (Phi) is 3.44. The Balaban J connectivity index is 1.96. The van der Waals surface area contributed by atoms with E-state index in [0.717, 1.165) is 16.5 Å². The molecular weight excluding hydrogens is 338 g/mol. The minimum atomic E-state index is -0.327. The molecule has 0 aliphatic heterocycles. The summed E-state index contributed by atoms with van der Waals surface area (Å²) in [7, 11) is 0. The zero-order chi connectivity index (χ0) is 18.4. The Morgan fingerprint density at radius 1 is 0.741 bits per heavy atom. The van der Waals surface area contributed by atoms with Crippen LogP contribution in [0.5, 0.6) is 0 Å². The molecule has 5 aromatic rings. The fraction of sp³-hybridized carbons (Fsp3) is 0.0435. The van der Waals surface area contributed by atoms with Crippen LogP contribution >= 0.6 is 0 Å². The van der Waals surface area contributed by atoms with Crippen LogP contribution in [0.4, 0.5) is 0 Å². The van der Waals surface area contributed by atoms with Gasteiger partial charge in [0.1, 0.15) is 11.0 Å². The van der Waals surface area contributed by atoms with Crippen molar-refractivity contribution in [1.82, 2.24) is 4.57 Å². The summed E-state index contributed by atoms with van der Waals surface area (Å²) in [6.45, 7) is 0.391. The normalized spacial score (nSPS) is 11.4. The monoisotopic (exact) mass is 353 g/mol. The number of para-hydroxylation sites is 2. The molecule has 2 aromatic heterocycles. The van der Waals surface area contributed by atoms with E-state index in [2.05, 4.69) is 0 Å². The molecule has 3 aromatic carbocycles. The summed E-state index contributed by atoms with van der Waals surface area (Å²) in [5.41, 5.74) is 1.96. The average molecular weight is 353 g/mol. The zero-order valence-electron chi connectivity index (χ0n) is 14.4. The van der Waals surface area contributed by atoms with Crippen LogP contribution < -0.4 is 11.0 Å². The van der Waals surface area contributed by atoms with Crippen LogP contribution in [0.2, 0.25) is 0 Å². The fourth-order valence-corrected chi connectivity index (χ4v) is 3.59. The van der Waals surface area contributed by atoms with Gasteiger partial charge in [-0.25, -0.2) is 0 Å².